The van der Waals surface area contributed by atoms with Gasteiger partial charge in [0.05, 0.1) is 0 Å². The first-order chi connectivity index (χ1) is 22.2. The Kier molecular flexibility index (Phi) is 4.65. The quantitative estimate of drug-likeness (QED) is 0.236. The van der Waals surface area contributed by atoms with Gasteiger partial charge in [-0.15, -0.1) is 0 Å². The summed E-state index contributed by atoms with van der Waals surface area (Å²) < 4.78 is 31.6. The number of fused-ring (bicyclic) bond motifs is 10. The van der Waals surface area contributed by atoms with Crippen molar-refractivity contribution in [2.75, 3.05) is 0 Å². The third-order valence-corrected chi connectivity index (χ3v) is 10.8. The molecular weight excluding hydrogens is 590 g/mol. The fourth-order valence-corrected chi connectivity index (χ4v) is 8.49. The second kappa shape index (κ2) is 8.25. The molecule has 10 heteroatoms. The van der Waals surface area contributed by atoms with Gasteiger partial charge in [0.25, 0.3) is 11.8 Å². The highest BCUT2D eigenvalue weighted by molar-refractivity contribution is 6.14. The molecule has 4 N–H and O–H groups in total. The average molecular weight is 615 g/mol. The van der Waals surface area contributed by atoms with Crippen molar-refractivity contribution in [3.05, 3.63) is 117 Å². The van der Waals surface area contributed by atoms with Crippen LogP contribution in [0.2, 0.25) is 0 Å². The van der Waals surface area contributed by atoms with Crippen LogP contribution in [0.1, 0.15) is 76.0 Å². The lowest BCUT2D eigenvalue weighted by molar-refractivity contribution is -0.123. The Bertz CT molecular complexity index is 2190. The van der Waals surface area contributed by atoms with E-state index >= 15 is 8.78 Å². The van der Waals surface area contributed by atoms with E-state index in [2.05, 4.69) is 21.3 Å². The molecule has 6 amide bonds. The van der Waals surface area contributed by atoms with Crippen LogP contribution in [0, 0.1) is 11.6 Å². The van der Waals surface area contributed by atoms with E-state index in [0.717, 1.165) is 24.0 Å². The molecule has 10 rings (SSSR count). The standard InChI is InChI=1S/C36H24F2N4O4/c37-28-14-22-18-3-1-2-4-24(18)35(31(43)39-33(45)41-35)26(22)13-23(28)21-12-20(21)16-7-8-19-25(9-16)36(32(44)40-34(46)42-36)27-10-17(15-5-6-15)11-29(38)30(19)27/h1-4,7-11,13-15,20-21H,5-6,12H2,(H2,39,41,43,45)(H2,40,42,44,46). The van der Waals surface area contributed by atoms with Gasteiger partial charge in [-0.2, -0.15) is 0 Å². The third kappa shape index (κ3) is 3.06. The molecule has 0 aromatic heterocycles. The molecule has 46 heavy (non-hydrogen) atoms. The zero-order chi connectivity index (χ0) is 31.3. The van der Waals surface area contributed by atoms with E-state index in [-0.39, 0.29) is 17.8 Å². The van der Waals surface area contributed by atoms with Gasteiger partial charge in [-0.25, -0.2) is 18.4 Å². The molecule has 2 spiro atoms. The number of rotatable bonds is 3. The number of amides is 6. The SMILES string of the molecule is O=C1NC(=O)C2(N1)c1ccccc1-c1cc(F)c(C3CC3c3ccc4c(c3)C3(NC(=O)NC3=O)c3cc(C5CC5)cc(F)c3-4)cc12. The largest absolute Gasteiger partial charge is 0.322 e. The molecular formula is C36H24F2N4O4. The van der Waals surface area contributed by atoms with Crippen LogP contribution in [0.3, 0.4) is 0 Å². The Morgan fingerprint density at radius 2 is 1.28 bits per heavy atom. The van der Waals surface area contributed by atoms with Gasteiger partial charge in [-0.1, -0.05) is 48.5 Å². The van der Waals surface area contributed by atoms with Crippen LogP contribution < -0.4 is 21.3 Å². The van der Waals surface area contributed by atoms with Crippen LogP contribution >= 0.6 is 0 Å². The first-order valence-corrected chi connectivity index (χ1v) is 15.4. The number of hydrogen-bond donors (Lipinski definition) is 4. The number of carbonyl (C=O) groups excluding carboxylic acids is 4. The van der Waals surface area contributed by atoms with Crippen molar-refractivity contribution in [3.8, 4) is 22.3 Å². The normalized spacial score (nSPS) is 27.6. The zero-order valence-electron chi connectivity index (χ0n) is 24.1. The first kappa shape index (κ1) is 25.9. The van der Waals surface area contributed by atoms with Gasteiger partial charge in [-0.3, -0.25) is 20.2 Å². The minimum absolute atomic E-state index is 0.127. The van der Waals surface area contributed by atoms with Gasteiger partial charge in [0.1, 0.15) is 11.6 Å². The summed E-state index contributed by atoms with van der Waals surface area (Å²) in [4.78, 5) is 51.7. The second-order valence-electron chi connectivity index (χ2n) is 13.2. The fraction of sp³-hybridized carbons (Fsp3) is 0.222. The molecule has 4 aromatic rings. The highest BCUT2D eigenvalue weighted by atomic mass is 19.1. The molecule has 4 fully saturated rings. The van der Waals surface area contributed by atoms with Gasteiger partial charge >= 0.3 is 12.1 Å². The summed E-state index contributed by atoms with van der Waals surface area (Å²) in [6, 6.07) is 18.0. The Labute approximate surface area is 260 Å². The van der Waals surface area contributed by atoms with Crippen molar-refractivity contribution in [2.24, 2.45) is 0 Å². The molecule has 2 saturated carbocycles. The molecule has 2 heterocycles. The number of hydrogen-bond acceptors (Lipinski definition) is 4. The van der Waals surface area contributed by atoms with E-state index in [1.165, 1.54) is 12.1 Å². The number of nitrogens with one attached hydrogen (secondary N) is 4. The summed E-state index contributed by atoms with van der Waals surface area (Å²) in [5.41, 5.74) is 3.21. The first-order valence-electron chi connectivity index (χ1n) is 15.4. The summed E-state index contributed by atoms with van der Waals surface area (Å²) in [6.07, 6.45) is 2.51. The van der Waals surface area contributed by atoms with Crippen molar-refractivity contribution >= 4 is 23.9 Å². The number of urea groups is 2. The number of benzene rings is 4. The Morgan fingerprint density at radius 1 is 0.609 bits per heavy atom. The maximum absolute atomic E-state index is 15.9. The molecule has 4 aromatic carbocycles. The Morgan fingerprint density at radius 3 is 1.98 bits per heavy atom. The lowest BCUT2D eigenvalue weighted by Crippen LogP contribution is -2.43. The molecule has 4 unspecified atom stereocenters. The molecule has 0 bridgehead atoms. The van der Waals surface area contributed by atoms with Gasteiger partial charge in [0.2, 0.25) is 0 Å². The van der Waals surface area contributed by atoms with Crippen LogP contribution in [0.15, 0.2) is 66.7 Å². The smallest absolute Gasteiger partial charge is 0.316 e. The van der Waals surface area contributed by atoms with Crippen LogP contribution in [0.25, 0.3) is 22.3 Å². The maximum atomic E-state index is 15.9. The molecule has 4 atom stereocenters. The summed E-state index contributed by atoms with van der Waals surface area (Å²) in [6.45, 7) is 0. The lowest BCUT2D eigenvalue weighted by Gasteiger charge is -2.24. The summed E-state index contributed by atoms with van der Waals surface area (Å²) in [7, 11) is 0. The zero-order valence-corrected chi connectivity index (χ0v) is 24.1. The van der Waals surface area contributed by atoms with Gasteiger partial charge < -0.3 is 10.6 Å². The van der Waals surface area contributed by atoms with E-state index in [4.69, 9.17) is 0 Å². The highest BCUT2D eigenvalue weighted by Gasteiger charge is 2.58. The third-order valence-electron chi connectivity index (χ3n) is 10.8. The van der Waals surface area contributed by atoms with E-state index in [0.29, 0.717) is 56.5 Å². The molecule has 2 aliphatic heterocycles. The highest BCUT2D eigenvalue weighted by Crippen LogP contribution is 2.60. The lowest BCUT2D eigenvalue weighted by atomic mass is 9.85. The van der Waals surface area contributed by atoms with Crippen molar-refractivity contribution in [2.45, 2.75) is 48.1 Å². The molecule has 6 aliphatic rings. The summed E-state index contributed by atoms with van der Waals surface area (Å²) in [5, 5.41) is 10.3. The number of halogens is 2. The van der Waals surface area contributed by atoms with Crippen molar-refractivity contribution in [1.82, 2.24) is 21.3 Å². The molecule has 2 saturated heterocycles. The van der Waals surface area contributed by atoms with E-state index in [1.807, 2.05) is 30.3 Å². The van der Waals surface area contributed by atoms with Crippen molar-refractivity contribution in [3.63, 3.8) is 0 Å². The summed E-state index contributed by atoms with van der Waals surface area (Å²) in [5.74, 6) is -2.04. The minimum Gasteiger partial charge on any atom is -0.316 e. The van der Waals surface area contributed by atoms with Crippen molar-refractivity contribution in [1.29, 1.82) is 0 Å². The monoisotopic (exact) mass is 614 g/mol. The maximum Gasteiger partial charge on any atom is 0.322 e. The molecule has 0 radical (unpaired) electrons. The van der Waals surface area contributed by atoms with Gasteiger partial charge in [-0.05, 0) is 105 Å². The summed E-state index contributed by atoms with van der Waals surface area (Å²) >= 11 is 0. The number of imide groups is 2. The predicted molar refractivity (Wildman–Crippen MR) is 161 cm³/mol. The fourth-order valence-electron chi connectivity index (χ4n) is 8.49. The van der Waals surface area contributed by atoms with E-state index < -0.39 is 46.6 Å². The molecule has 226 valence electrons. The molecule has 8 nitrogen and oxygen atoms in total. The topological polar surface area (TPSA) is 116 Å². The Balaban J connectivity index is 1.07. The van der Waals surface area contributed by atoms with E-state index in [9.17, 15) is 19.2 Å². The number of carbonyl (C=O) groups is 4. The van der Waals surface area contributed by atoms with E-state index in [1.54, 1.807) is 24.3 Å². The van der Waals surface area contributed by atoms with Crippen molar-refractivity contribution < 1.29 is 28.0 Å². The van der Waals surface area contributed by atoms with Gasteiger partial charge in [0.15, 0.2) is 11.1 Å². The minimum atomic E-state index is -1.56. The second-order valence-corrected chi connectivity index (χ2v) is 13.2. The van der Waals surface area contributed by atoms with Crippen LogP contribution in [-0.4, -0.2) is 23.9 Å². The van der Waals surface area contributed by atoms with Crippen LogP contribution in [0.4, 0.5) is 18.4 Å². The van der Waals surface area contributed by atoms with Gasteiger partial charge in [0, 0.05) is 11.1 Å². The van der Waals surface area contributed by atoms with Crippen LogP contribution in [0.5, 0.6) is 0 Å². The van der Waals surface area contributed by atoms with Crippen LogP contribution in [-0.2, 0) is 20.7 Å². The average Bonchev–Trinajstić information content (AvgIpc) is 3.94. The predicted octanol–water partition coefficient (Wildman–Crippen LogP) is 5.24. The Hall–Kier alpha value is -5.38. The molecule has 4 aliphatic carbocycles.